The molecule has 2 N–H and O–H groups in total. The van der Waals surface area contributed by atoms with Gasteiger partial charge >= 0.3 is 0 Å². The molecule has 2 aromatic rings. The zero-order valence-corrected chi connectivity index (χ0v) is 14.6. The lowest BCUT2D eigenvalue weighted by Gasteiger charge is -2.32. The monoisotopic (exact) mass is 339 g/mol. The molecule has 0 amide bonds. The lowest BCUT2D eigenvalue weighted by molar-refractivity contribution is 0.271. The van der Waals surface area contributed by atoms with Crippen LogP contribution in [0.15, 0.2) is 30.6 Å². The number of rotatable bonds is 5. The number of nitrogens with zero attached hydrogens (tertiary/aromatic N) is 4. The molecule has 132 valence electrons. The van der Waals surface area contributed by atoms with Gasteiger partial charge in [-0.3, -0.25) is 4.98 Å². The van der Waals surface area contributed by atoms with Gasteiger partial charge in [0.1, 0.15) is 5.82 Å². The van der Waals surface area contributed by atoms with E-state index in [9.17, 15) is 5.11 Å². The first kappa shape index (κ1) is 16.3. The predicted molar refractivity (Wildman–Crippen MR) is 98.1 cm³/mol. The number of aromatic nitrogens is 3. The first-order valence-electron chi connectivity index (χ1n) is 9.13. The third-order valence-electron chi connectivity index (χ3n) is 5.39. The molecule has 0 radical (unpaired) electrons. The number of nitrogens with one attached hydrogen (secondary N) is 1. The Morgan fingerprint density at radius 1 is 1.20 bits per heavy atom. The molecular formula is C19H25N5O. The second-order valence-corrected chi connectivity index (χ2v) is 7.37. The van der Waals surface area contributed by atoms with E-state index >= 15 is 0 Å². The van der Waals surface area contributed by atoms with Crippen LogP contribution in [0.4, 0.5) is 17.5 Å². The van der Waals surface area contributed by atoms with Crippen molar-refractivity contribution in [2.45, 2.75) is 32.1 Å². The third-order valence-corrected chi connectivity index (χ3v) is 5.39. The van der Waals surface area contributed by atoms with Gasteiger partial charge in [0.2, 0.25) is 5.95 Å². The molecule has 1 unspecified atom stereocenters. The minimum Gasteiger partial charge on any atom is -0.396 e. The van der Waals surface area contributed by atoms with E-state index in [2.05, 4.69) is 20.2 Å². The van der Waals surface area contributed by atoms with Crippen LogP contribution in [0.25, 0.3) is 0 Å². The second kappa shape index (κ2) is 6.96. The van der Waals surface area contributed by atoms with E-state index in [4.69, 9.17) is 4.98 Å². The van der Waals surface area contributed by atoms with Gasteiger partial charge in [-0.1, -0.05) is 6.92 Å². The van der Waals surface area contributed by atoms with Crippen molar-refractivity contribution < 1.29 is 5.11 Å². The number of pyridine rings is 1. The molecule has 6 nitrogen and oxygen atoms in total. The van der Waals surface area contributed by atoms with Gasteiger partial charge in [-0.05, 0) is 49.3 Å². The predicted octanol–water partition coefficient (Wildman–Crippen LogP) is 2.95. The molecule has 6 heteroatoms. The largest absolute Gasteiger partial charge is 0.396 e. The molecule has 2 fully saturated rings. The van der Waals surface area contributed by atoms with Crippen LogP contribution in [0, 0.1) is 11.8 Å². The highest BCUT2D eigenvalue weighted by molar-refractivity contribution is 5.54. The summed E-state index contributed by atoms with van der Waals surface area (Å²) in [6, 6.07) is 5.88. The number of hydrogen-bond donors (Lipinski definition) is 2. The third kappa shape index (κ3) is 3.58. The van der Waals surface area contributed by atoms with E-state index in [1.54, 1.807) is 6.20 Å². The summed E-state index contributed by atoms with van der Waals surface area (Å²) in [5.41, 5.74) is 1.73. The van der Waals surface area contributed by atoms with E-state index < -0.39 is 0 Å². The molecule has 2 aromatic heterocycles. The summed E-state index contributed by atoms with van der Waals surface area (Å²) in [5.74, 6) is 3.31. The average molecular weight is 339 g/mol. The van der Waals surface area contributed by atoms with E-state index in [0.29, 0.717) is 5.95 Å². The van der Waals surface area contributed by atoms with Gasteiger partial charge in [0.05, 0.1) is 18.5 Å². The Hall–Kier alpha value is -2.21. The number of hydrogen-bond acceptors (Lipinski definition) is 6. The summed E-state index contributed by atoms with van der Waals surface area (Å²) < 4.78 is 0. The summed E-state index contributed by atoms with van der Waals surface area (Å²) in [6.07, 6.45) is 7.69. The van der Waals surface area contributed by atoms with Gasteiger partial charge in [0, 0.05) is 30.9 Å². The van der Waals surface area contributed by atoms with E-state index in [1.807, 2.05) is 31.3 Å². The zero-order chi connectivity index (χ0) is 17.2. The first-order valence-corrected chi connectivity index (χ1v) is 9.13. The molecule has 1 saturated heterocycles. The molecule has 1 aliphatic heterocycles. The molecule has 25 heavy (non-hydrogen) atoms. The minimum absolute atomic E-state index is 0.0445. The van der Waals surface area contributed by atoms with Crippen LogP contribution in [-0.4, -0.2) is 39.8 Å². The maximum Gasteiger partial charge on any atom is 0.229 e. The molecular weight excluding hydrogens is 314 g/mol. The maximum atomic E-state index is 9.21. The smallest absolute Gasteiger partial charge is 0.229 e. The van der Waals surface area contributed by atoms with Crippen LogP contribution in [-0.2, 0) is 0 Å². The summed E-state index contributed by atoms with van der Waals surface area (Å²) >= 11 is 0. The Kier molecular flexibility index (Phi) is 4.53. The Balaban J connectivity index is 1.46. The minimum atomic E-state index is 0.0445. The van der Waals surface area contributed by atoms with Crippen molar-refractivity contribution in [1.29, 1.82) is 0 Å². The lowest BCUT2D eigenvalue weighted by Crippen LogP contribution is -2.36. The fraction of sp³-hybridized carbons (Fsp3) is 0.526. The topological polar surface area (TPSA) is 74.2 Å². The van der Waals surface area contributed by atoms with Gasteiger partial charge in [-0.15, -0.1) is 0 Å². The van der Waals surface area contributed by atoms with Gasteiger partial charge in [-0.2, -0.15) is 4.98 Å². The van der Waals surface area contributed by atoms with Gasteiger partial charge < -0.3 is 15.3 Å². The van der Waals surface area contributed by atoms with Gasteiger partial charge in [0.25, 0.3) is 0 Å². The Labute approximate surface area is 148 Å². The Bertz CT molecular complexity index is 708. The molecule has 3 heterocycles. The molecule has 0 spiro atoms. The highest BCUT2D eigenvalue weighted by atomic mass is 16.3. The summed E-state index contributed by atoms with van der Waals surface area (Å²) in [4.78, 5) is 15.8. The standard InChI is InChI=1S/C19H25N5O/c1-13(12-25)17-5-4-16(9-21-17)22-19-20-7-6-18(23-19)24-10-14-2-3-15(8-14)11-24/h4-7,9,13-15,25H,2-3,8,10-12H2,1H3,(H,20,22,23)/t13?,14-,15+. The fourth-order valence-electron chi connectivity index (χ4n) is 3.97. The van der Waals surface area contributed by atoms with Crippen LogP contribution in [0.3, 0.4) is 0 Å². The Morgan fingerprint density at radius 3 is 2.68 bits per heavy atom. The summed E-state index contributed by atoms with van der Waals surface area (Å²) in [7, 11) is 0. The van der Waals surface area contributed by atoms with E-state index in [0.717, 1.165) is 42.1 Å². The first-order chi connectivity index (χ1) is 12.2. The van der Waals surface area contributed by atoms with Crippen molar-refractivity contribution in [1.82, 2.24) is 15.0 Å². The Morgan fingerprint density at radius 2 is 2.00 bits per heavy atom. The average Bonchev–Trinajstić information content (AvgIpc) is 2.99. The van der Waals surface area contributed by atoms with Crippen molar-refractivity contribution in [2.24, 2.45) is 11.8 Å². The normalized spacial score (nSPS) is 23.5. The van der Waals surface area contributed by atoms with Crippen molar-refractivity contribution in [3.8, 4) is 0 Å². The van der Waals surface area contributed by atoms with Gasteiger partial charge in [0.15, 0.2) is 0 Å². The van der Waals surface area contributed by atoms with E-state index in [1.165, 1.54) is 19.3 Å². The second-order valence-electron chi connectivity index (χ2n) is 7.37. The molecule has 4 rings (SSSR count). The number of aliphatic hydroxyl groups is 1. The quantitative estimate of drug-likeness (QED) is 0.872. The number of fused-ring (bicyclic) bond motifs is 2. The van der Waals surface area contributed by atoms with Crippen molar-refractivity contribution in [3.05, 3.63) is 36.3 Å². The van der Waals surface area contributed by atoms with Crippen LogP contribution in [0.2, 0.25) is 0 Å². The molecule has 2 aliphatic rings. The molecule has 2 bridgehead atoms. The maximum absolute atomic E-state index is 9.21. The van der Waals surface area contributed by atoms with Crippen LogP contribution < -0.4 is 10.2 Å². The van der Waals surface area contributed by atoms with Crippen molar-refractivity contribution >= 4 is 17.5 Å². The number of aliphatic hydroxyl groups excluding tert-OH is 1. The fourth-order valence-corrected chi connectivity index (χ4v) is 3.97. The van der Waals surface area contributed by atoms with E-state index in [-0.39, 0.29) is 12.5 Å². The highest BCUT2D eigenvalue weighted by Crippen LogP contribution is 2.37. The molecule has 3 atom stereocenters. The van der Waals surface area contributed by atoms with Crippen molar-refractivity contribution in [2.75, 3.05) is 29.9 Å². The van der Waals surface area contributed by atoms with Gasteiger partial charge in [-0.25, -0.2) is 4.98 Å². The van der Waals surface area contributed by atoms with Crippen LogP contribution >= 0.6 is 0 Å². The molecule has 0 aromatic carbocycles. The molecule has 1 aliphatic carbocycles. The highest BCUT2D eigenvalue weighted by Gasteiger charge is 2.33. The zero-order valence-electron chi connectivity index (χ0n) is 14.6. The lowest BCUT2D eigenvalue weighted by atomic mass is 9.99. The summed E-state index contributed by atoms with van der Waals surface area (Å²) in [5, 5.41) is 12.4. The van der Waals surface area contributed by atoms with Crippen LogP contribution in [0.5, 0.6) is 0 Å². The molecule has 1 saturated carbocycles. The number of piperidine rings is 1. The number of anilines is 3. The SMILES string of the molecule is CC(CO)c1ccc(Nc2nccc(N3C[C@@H]4CC[C@@H](C4)C3)n2)cn1. The van der Waals surface area contributed by atoms with Crippen molar-refractivity contribution in [3.63, 3.8) is 0 Å². The van der Waals surface area contributed by atoms with Crippen LogP contribution in [0.1, 0.15) is 37.8 Å². The summed E-state index contributed by atoms with van der Waals surface area (Å²) in [6.45, 7) is 4.28.